The van der Waals surface area contributed by atoms with Crippen molar-refractivity contribution in [2.24, 2.45) is 0 Å². The first-order valence-corrected chi connectivity index (χ1v) is 6.12. The highest BCUT2D eigenvalue weighted by atomic mass is 16.5. The molecule has 6 heteroatoms. The Labute approximate surface area is 122 Å². The molecular weight excluding hydrogens is 270 g/mol. The molecule has 106 valence electrons. The first-order valence-electron chi connectivity index (χ1n) is 6.12. The highest BCUT2D eigenvalue weighted by Gasteiger charge is 2.19. The zero-order valence-electron chi connectivity index (χ0n) is 11.3. The van der Waals surface area contributed by atoms with Gasteiger partial charge < -0.3 is 10.1 Å². The Morgan fingerprint density at radius 3 is 2.62 bits per heavy atom. The maximum absolute atomic E-state index is 11.3. The molecule has 0 aliphatic rings. The standard InChI is InChI=1S/C15H13N3O3/c1-2-12-4-7-18(8-5-12)6-3-9-21-15(20)14(19)13(10-16)11-17/h2,4-5,7-8H,1,3,6,9H2. The predicted octanol–water partition coefficient (Wildman–Crippen LogP) is 0.809. The van der Waals surface area contributed by atoms with Gasteiger partial charge >= 0.3 is 5.97 Å². The average molecular weight is 283 g/mol. The molecule has 0 saturated carbocycles. The molecule has 0 radical (unpaired) electrons. The minimum absolute atomic E-state index is 0.0327. The molecule has 0 aromatic carbocycles. The van der Waals surface area contributed by atoms with Crippen LogP contribution in [0.1, 0.15) is 12.0 Å². The molecule has 21 heavy (non-hydrogen) atoms. The van der Waals surface area contributed by atoms with Crippen molar-refractivity contribution in [1.29, 1.82) is 5.26 Å². The Morgan fingerprint density at radius 1 is 1.43 bits per heavy atom. The molecule has 1 aromatic heterocycles. The summed E-state index contributed by atoms with van der Waals surface area (Å²) >= 11 is 0. The van der Waals surface area contributed by atoms with E-state index in [9.17, 15) is 9.59 Å². The van der Waals surface area contributed by atoms with Gasteiger partial charge in [-0.3, -0.25) is 4.79 Å². The Hall–Kier alpha value is -3.03. The second-order valence-electron chi connectivity index (χ2n) is 3.99. The van der Waals surface area contributed by atoms with Crippen LogP contribution in [0, 0.1) is 11.3 Å². The van der Waals surface area contributed by atoms with Gasteiger partial charge in [0.2, 0.25) is 0 Å². The number of rotatable bonds is 7. The number of ether oxygens (including phenoxy) is 1. The normalized spacial score (nSPS) is 9.10. The highest BCUT2D eigenvalue weighted by Crippen LogP contribution is 1.97. The number of nitriles is 1. The monoisotopic (exact) mass is 283 g/mol. The lowest BCUT2D eigenvalue weighted by Crippen LogP contribution is -2.33. The second kappa shape index (κ2) is 8.20. The van der Waals surface area contributed by atoms with Crippen molar-refractivity contribution >= 4 is 23.7 Å². The van der Waals surface area contributed by atoms with Crippen LogP contribution in [0.3, 0.4) is 0 Å². The molecule has 0 N–H and O–H groups in total. The Morgan fingerprint density at radius 2 is 2.10 bits per heavy atom. The van der Waals surface area contributed by atoms with Crippen LogP contribution in [0.4, 0.5) is 0 Å². The summed E-state index contributed by atoms with van der Waals surface area (Å²) in [6.45, 7) is 4.29. The number of carbonyl (C=O) groups is 2. The summed E-state index contributed by atoms with van der Waals surface area (Å²) in [6, 6.07) is 5.14. The highest BCUT2D eigenvalue weighted by molar-refractivity contribution is 6.43. The summed E-state index contributed by atoms with van der Waals surface area (Å²) in [5, 5.41) is 16.9. The number of aryl methyl sites for hydroxylation is 1. The fourth-order valence-electron chi connectivity index (χ4n) is 1.46. The molecule has 0 spiro atoms. The van der Waals surface area contributed by atoms with Crippen LogP contribution in [0.5, 0.6) is 0 Å². The van der Waals surface area contributed by atoms with E-state index in [1.54, 1.807) is 6.08 Å². The maximum Gasteiger partial charge on any atom is 0.381 e. The number of hydrogen-bond donors (Lipinski definition) is 0. The smallest absolute Gasteiger partial charge is 0.381 e. The van der Waals surface area contributed by atoms with Crippen molar-refractivity contribution in [3.63, 3.8) is 0 Å². The van der Waals surface area contributed by atoms with E-state index in [0.29, 0.717) is 13.0 Å². The molecule has 1 heterocycles. The zero-order valence-corrected chi connectivity index (χ0v) is 11.3. The quantitative estimate of drug-likeness (QED) is 0.141. The van der Waals surface area contributed by atoms with E-state index in [0.717, 1.165) is 5.56 Å². The number of carbonyl (C=O) groups excluding carboxylic acids is 2. The third-order valence-corrected chi connectivity index (χ3v) is 2.58. The molecule has 0 bridgehead atoms. The van der Waals surface area contributed by atoms with E-state index in [2.05, 4.69) is 6.58 Å². The van der Waals surface area contributed by atoms with Gasteiger partial charge in [0, 0.05) is 18.6 Å². The molecule has 0 fully saturated rings. The molecule has 1 aromatic rings. The van der Waals surface area contributed by atoms with Gasteiger partial charge in [0.1, 0.15) is 11.6 Å². The summed E-state index contributed by atoms with van der Waals surface area (Å²) in [5.74, 6) is -1.03. The number of hydrogen-bond acceptors (Lipinski definition) is 4. The second-order valence-corrected chi connectivity index (χ2v) is 3.99. The van der Waals surface area contributed by atoms with Crippen LogP contribution in [-0.4, -0.2) is 24.2 Å². The molecule has 0 aliphatic heterocycles. The van der Waals surface area contributed by atoms with Crippen molar-refractivity contribution in [2.75, 3.05) is 6.61 Å². The van der Waals surface area contributed by atoms with Gasteiger partial charge in [0.05, 0.1) is 6.61 Å². The number of nitrogens with zero attached hydrogens (tertiary/aromatic N) is 3. The lowest BCUT2D eigenvalue weighted by molar-refractivity contribution is -0.697. The minimum Gasteiger partial charge on any atom is -0.762 e. The molecule has 0 atom stereocenters. The van der Waals surface area contributed by atoms with E-state index in [1.807, 2.05) is 29.1 Å². The summed E-state index contributed by atoms with van der Waals surface area (Å²) in [4.78, 5) is 22.6. The largest absolute Gasteiger partial charge is 0.762 e. The van der Waals surface area contributed by atoms with Crippen molar-refractivity contribution in [3.05, 3.63) is 47.7 Å². The van der Waals surface area contributed by atoms with Crippen molar-refractivity contribution < 1.29 is 18.9 Å². The lowest BCUT2D eigenvalue weighted by Gasteiger charge is -2.02. The van der Waals surface area contributed by atoms with Gasteiger partial charge in [0.15, 0.2) is 18.9 Å². The van der Waals surface area contributed by atoms with Gasteiger partial charge in [-0.2, -0.15) is 5.26 Å². The fourth-order valence-corrected chi connectivity index (χ4v) is 1.46. The third kappa shape index (κ3) is 4.86. The van der Waals surface area contributed by atoms with Crippen LogP contribution in [-0.2, 0) is 20.9 Å². The first kappa shape index (κ1) is 16.0. The first-order chi connectivity index (χ1) is 10.1. The third-order valence-electron chi connectivity index (χ3n) is 2.58. The zero-order chi connectivity index (χ0) is 15.7. The average Bonchev–Trinajstić information content (AvgIpc) is 2.53. The summed E-state index contributed by atoms with van der Waals surface area (Å²) < 4.78 is 6.61. The summed E-state index contributed by atoms with van der Waals surface area (Å²) in [7, 11) is 0. The van der Waals surface area contributed by atoms with Crippen molar-refractivity contribution in [2.45, 2.75) is 13.0 Å². The topological polar surface area (TPSA) is 93.3 Å². The molecule has 0 aliphatic carbocycles. The number of Topliss-reactive ketones (excluding diaryl/α,β-unsaturated/α-hetero) is 1. The van der Waals surface area contributed by atoms with Crippen LogP contribution < -0.4 is 4.57 Å². The summed E-state index contributed by atoms with van der Waals surface area (Å²) in [6.07, 6.45) is 5.96. The Balaban J connectivity index is 2.38. The minimum atomic E-state index is -1.21. The van der Waals surface area contributed by atoms with Gasteiger partial charge in [0.25, 0.3) is 5.78 Å². The maximum atomic E-state index is 11.3. The molecule has 6 nitrogen and oxygen atoms in total. The number of ketones is 1. The molecule has 1 rings (SSSR count). The van der Waals surface area contributed by atoms with E-state index < -0.39 is 17.3 Å². The SMILES string of the molecule is C=Cc1cc[n+](CCCOC(=O)C(=O)C(=C=[N-])C#N)cc1. The van der Waals surface area contributed by atoms with E-state index in [-0.39, 0.29) is 6.61 Å². The van der Waals surface area contributed by atoms with Crippen LogP contribution in [0.2, 0.25) is 0 Å². The van der Waals surface area contributed by atoms with E-state index in [1.165, 1.54) is 11.9 Å². The molecular formula is C15H13N3O3. The predicted molar refractivity (Wildman–Crippen MR) is 74.8 cm³/mol. The fraction of sp³-hybridized carbons (Fsp3) is 0.200. The van der Waals surface area contributed by atoms with Crippen LogP contribution >= 0.6 is 0 Å². The van der Waals surface area contributed by atoms with Gasteiger partial charge in [-0.15, -0.1) is 0 Å². The van der Waals surface area contributed by atoms with E-state index in [4.69, 9.17) is 15.4 Å². The molecule has 0 saturated heterocycles. The Bertz CT molecular complexity index is 635. The number of esters is 1. The van der Waals surface area contributed by atoms with Crippen molar-refractivity contribution in [1.82, 2.24) is 0 Å². The van der Waals surface area contributed by atoms with Gasteiger partial charge in [-0.05, 0) is 5.56 Å². The summed E-state index contributed by atoms with van der Waals surface area (Å²) in [5.41, 5.74) is 0.230. The van der Waals surface area contributed by atoms with Gasteiger partial charge in [-0.1, -0.05) is 12.7 Å². The molecule has 0 unspecified atom stereocenters. The van der Waals surface area contributed by atoms with Crippen LogP contribution in [0.15, 0.2) is 36.7 Å². The van der Waals surface area contributed by atoms with E-state index >= 15 is 0 Å². The number of aromatic nitrogens is 1. The molecule has 0 amide bonds. The van der Waals surface area contributed by atoms with Gasteiger partial charge in [-0.25, -0.2) is 15.2 Å². The Kier molecular flexibility index (Phi) is 6.26. The number of pyridine rings is 1. The van der Waals surface area contributed by atoms with Crippen molar-refractivity contribution in [3.8, 4) is 6.07 Å². The lowest BCUT2D eigenvalue weighted by atomic mass is 10.2. The van der Waals surface area contributed by atoms with Crippen LogP contribution in [0.25, 0.3) is 11.5 Å².